The zero-order valence-corrected chi connectivity index (χ0v) is 15.9. The third-order valence-corrected chi connectivity index (χ3v) is 9.95. The van der Waals surface area contributed by atoms with Crippen LogP contribution in [0.1, 0.15) is 51.0 Å². The molecule has 0 radical (unpaired) electrons. The van der Waals surface area contributed by atoms with E-state index in [2.05, 4.69) is 13.8 Å². The van der Waals surface area contributed by atoms with Crippen LogP contribution in [0.25, 0.3) is 0 Å². The first-order valence-electron chi connectivity index (χ1n) is 9.49. The summed E-state index contributed by atoms with van der Waals surface area (Å²) in [5.41, 5.74) is 0.621. The van der Waals surface area contributed by atoms with Crippen LogP contribution in [-0.2, 0) is 14.8 Å². The minimum absolute atomic E-state index is 0.0152. The molecular weight excluding hydrogens is 353 g/mol. The van der Waals surface area contributed by atoms with E-state index in [1.54, 1.807) is 12.1 Å². The first-order chi connectivity index (χ1) is 12.2. The van der Waals surface area contributed by atoms with Gasteiger partial charge in [0.15, 0.2) is 0 Å². The van der Waals surface area contributed by atoms with E-state index in [1.165, 1.54) is 16.4 Å². The van der Waals surface area contributed by atoms with E-state index in [0.29, 0.717) is 12.3 Å². The third-order valence-electron chi connectivity index (χ3n) is 8.03. The van der Waals surface area contributed by atoms with Crippen LogP contribution < -0.4 is 0 Å². The molecule has 1 aliphatic heterocycles. The van der Waals surface area contributed by atoms with Crippen molar-refractivity contribution < 1.29 is 17.6 Å². The van der Waals surface area contributed by atoms with Crippen molar-refractivity contribution >= 4 is 15.9 Å². The average molecular weight is 377 g/mol. The summed E-state index contributed by atoms with van der Waals surface area (Å²) in [5.74, 6) is -0.178. The molecule has 1 amide bonds. The topological polar surface area (TPSA) is 54.5 Å². The molecule has 4 nitrogen and oxygen atoms in total. The van der Waals surface area contributed by atoms with E-state index in [4.69, 9.17) is 0 Å². The van der Waals surface area contributed by atoms with Gasteiger partial charge in [-0.2, -0.15) is 0 Å². The largest absolute Gasteiger partial charge is 0.273 e. The molecule has 4 aliphatic rings. The van der Waals surface area contributed by atoms with Gasteiger partial charge in [-0.3, -0.25) is 4.79 Å². The van der Waals surface area contributed by atoms with Gasteiger partial charge in [-0.05, 0) is 60.6 Å². The summed E-state index contributed by atoms with van der Waals surface area (Å²) in [6.07, 6.45) is 3.45. The number of hydrogen-bond acceptors (Lipinski definition) is 3. The SMILES string of the molecule is CC1(C)[C@H]2CC[C@@]13CS(=O)(=O)N(C(=O)[C@@H]1C[C@H]1c1ccc(F)cc1)[C@@H]3C2. The van der Waals surface area contributed by atoms with Crippen LogP contribution in [0.4, 0.5) is 4.39 Å². The van der Waals surface area contributed by atoms with Gasteiger partial charge in [-0.25, -0.2) is 17.1 Å². The Hall–Kier alpha value is -1.43. The van der Waals surface area contributed by atoms with Crippen molar-refractivity contribution in [2.75, 3.05) is 5.75 Å². The molecule has 1 heterocycles. The van der Waals surface area contributed by atoms with Crippen LogP contribution in [0.2, 0.25) is 0 Å². The number of nitrogens with zero attached hydrogens (tertiary/aromatic N) is 1. The van der Waals surface area contributed by atoms with Crippen molar-refractivity contribution in [2.45, 2.75) is 51.5 Å². The monoisotopic (exact) mass is 377 g/mol. The standard InChI is InChI=1S/C20H24FNO3S/c1-19(2)13-7-8-20(19)11-26(24,25)22(17(20)9-13)18(23)16-10-15(16)12-3-5-14(21)6-4-12/h3-6,13,15-17H,7-11H2,1-2H3/t13-,15-,16+,17+,20-/m0/s1. The lowest BCUT2D eigenvalue weighted by atomic mass is 9.69. The minimum Gasteiger partial charge on any atom is -0.273 e. The fourth-order valence-electron chi connectivity index (χ4n) is 6.29. The average Bonchev–Trinajstić information content (AvgIpc) is 3.22. The quantitative estimate of drug-likeness (QED) is 0.795. The summed E-state index contributed by atoms with van der Waals surface area (Å²) in [6.45, 7) is 4.37. The molecule has 26 heavy (non-hydrogen) atoms. The molecule has 2 bridgehead atoms. The number of carbonyl (C=O) groups is 1. The molecule has 140 valence electrons. The highest BCUT2D eigenvalue weighted by Crippen LogP contribution is 2.70. The van der Waals surface area contributed by atoms with Gasteiger partial charge in [0.2, 0.25) is 15.9 Å². The highest BCUT2D eigenvalue weighted by atomic mass is 32.2. The van der Waals surface area contributed by atoms with E-state index in [1.807, 2.05) is 0 Å². The number of hydrogen-bond donors (Lipinski definition) is 0. The van der Waals surface area contributed by atoms with E-state index in [0.717, 1.165) is 24.8 Å². The van der Waals surface area contributed by atoms with Crippen LogP contribution in [0.15, 0.2) is 24.3 Å². The summed E-state index contributed by atoms with van der Waals surface area (Å²) >= 11 is 0. The Morgan fingerprint density at radius 1 is 1.19 bits per heavy atom. The maximum absolute atomic E-state index is 13.2. The van der Waals surface area contributed by atoms with Crippen LogP contribution in [0.5, 0.6) is 0 Å². The van der Waals surface area contributed by atoms with Crippen molar-refractivity contribution in [1.29, 1.82) is 0 Å². The molecule has 0 N–H and O–H groups in total. The first kappa shape index (κ1) is 16.7. The molecule has 1 aromatic rings. The van der Waals surface area contributed by atoms with Crippen molar-refractivity contribution in [3.8, 4) is 0 Å². The summed E-state index contributed by atoms with van der Waals surface area (Å²) in [6, 6.07) is 6.04. The second kappa shape index (κ2) is 4.89. The van der Waals surface area contributed by atoms with Gasteiger partial charge in [-0.15, -0.1) is 0 Å². The normalized spacial score (nSPS) is 41.3. The Balaban J connectivity index is 1.44. The Morgan fingerprint density at radius 2 is 1.88 bits per heavy atom. The van der Waals surface area contributed by atoms with Crippen LogP contribution in [0.3, 0.4) is 0 Å². The number of sulfonamides is 1. The zero-order valence-electron chi connectivity index (χ0n) is 15.1. The number of fused-ring (bicyclic) bond motifs is 1. The molecule has 0 aromatic heterocycles. The van der Waals surface area contributed by atoms with Crippen molar-refractivity contribution in [2.24, 2.45) is 22.7 Å². The van der Waals surface area contributed by atoms with Gasteiger partial charge in [0, 0.05) is 11.3 Å². The van der Waals surface area contributed by atoms with E-state index < -0.39 is 10.0 Å². The molecule has 0 unspecified atom stereocenters. The number of benzene rings is 1. The third kappa shape index (κ3) is 1.94. The predicted molar refractivity (Wildman–Crippen MR) is 95.2 cm³/mol. The van der Waals surface area contributed by atoms with Gasteiger partial charge in [-0.1, -0.05) is 26.0 Å². The lowest BCUT2D eigenvalue weighted by molar-refractivity contribution is -0.130. The fourth-order valence-corrected chi connectivity index (χ4v) is 8.87. The van der Waals surface area contributed by atoms with Crippen LogP contribution in [-0.4, -0.2) is 30.4 Å². The maximum Gasteiger partial charge on any atom is 0.240 e. The molecule has 3 saturated carbocycles. The zero-order chi connectivity index (χ0) is 18.5. The second-order valence-electron chi connectivity index (χ2n) is 9.26. The molecule has 4 fully saturated rings. The predicted octanol–water partition coefficient (Wildman–Crippen LogP) is 3.30. The smallest absolute Gasteiger partial charge is 0.240 e. The summed E-state index contributed by atoms with van der Waals surface area (Å²) in [5, 5.41) is 0. The summed E-state index contributed by atoms with van der Waals surface area (Å²) in [7, 11) is -3.55. The highest BCUT2D eigenvalue weighted by Gasteiger charge is 2.73. The number of amides is 1. The Labute approximate surface area is 153 Å². The van der Waals surface area contributed by atoms with E-state index in [-0.39, 0.29) is 46.2 Å². The van der Waals surface area contributed by atoms with Crippen molar-refractivity contribution in [3.05, 3.63) is 35.6 Å². The molecule has 1 saturated heterocycles. The minimum atomic E-state index is -3.55. The lowest BCUT2D eigenvalue weighted by Gasteiger charge is -2.37. The lowest BCUT2D eigenvalue weighted by Crippen LogP contribution is -2.44. The van der Waals surface area contributed by atoms with E-state index >= 15 is 0 Å². The van der Waals surface area contributed by atoms with Crippen molar-refractivity contribution in [3.63, 3.8) is 0 Å². The first-order valence-corrected chi connectivity index (χ1v) is 11.1. The van der Waals surface area contributed by atoms with Gasteiger partial charge in [0.25, 0.3) is 0 Å². The highest BCUT2D eigenvalue weighted by molar-refractivity contribution is 7.90. The number of rotatable bonds is 2. The fraction of sp³-hybridized carbons (Fsp3) is 0.650. The molecule has 5 rings (SSSR count). The second-order valence-corrected chi connectivity index (χ2v) is 11.1. The molecule has 5 atom stereocenters. The Kier molecular flexibility index (Phi) is 3.14. The van der Waals surface area contributed by atoms with Gasteiger partial charge in [0.05, 0.1) is 11.8 Å². The Morgan fingerprint density at radius 3 is 2.54 bits per heavy atom. The molecule has 1 spiro atoms. The molecule has 6 heteroatoms. The van der Waals surface area contributed by atoms with Gasteiger partial charge >= 0.3 is 0 Å². The molecule has 3 aliphatic carbocycles. The Bertz CT molecular complexity index is 894. The number of carbonyl (C=O) groups excluding carboxylic acids is 1. The molecule has 1 aromatic carbocycles. The van der Waals surface area contributed by atoms with Crippen LogP contribution in [0, 0.1) is 28.5 Å². The number of halogens is 1. The summed E-state index contributed by atoms with van der Waals surface area (Å²) in [4.78, 5) is 13.2. The van der Waals surface area contributed by atoms with Crippen LogP contribution >= 0.6 is 0 Å². The van der Waals surface area contributed by atoms with Gasteiger partial charge in [0.1, 0.15) is 5.82 Å². The summed E-state index contributed by atoms with van der Waals surface area (Å²) < 4.78 is 40.3. The maximum atomic E-state index is 13.2. The molecular formula is C20H24FNO3S. The van der Waals surface area contributed by atoms with Crippen molar-refractivity contribution in [1.82, 2.24) is 4.31 Å². The van der Waals surface area contributed by atoms with E-state index in [9.17, 15) is 17.6 Å². The van der Waals surface area contributed by atoms with Gasteiger partial charge < -0.3 is 0 Å².